The molecule has 1 aliphatic heterocycles. The molecule has 0 saturated carbocycles. The molecule has 1 fully saturated rings. The van der Waals surface area contributed by atoms with E-state index in [4.69, 9.17) is 0 Å². The van der Waals surface area contributed by atoms with Gasteiger partial charge in [0, 0.05) is 25.2 Å². The lowest BCUT2D eigenvalue weighted by atomic mass is 9.96. The van der Waals surface area contributed by atoms with E-state index in [2.05, 4.69) is 19.2 Å². The van der Waals surface area contributed by atoms with Crippen LogP contribution < -0.4 is 5.32 Å². The average Bonchev–Trinajstić information content (AvgIpc) is 2.39. The number of hydrogen-bond acceptors (Lipinski definition) is 2. The van der Waals surface area contributed by atoms with Gasteiger partial charge >= 0.3 is 6.18 Å². The molecular formula is C16H23F3N2. The lowest BCUT2D eigenvalue weighted by molar-refractivity contribution is -0.155. The molecule has 1 aromatic carbocycles. The lowest BCUT2D eigenvalue weighted by Gasteiger charge is -2.41. The Morgan fingerprint density at radius 1 is 1.24 bits per heavy atom. The fourth-order valence-electron chi connectivity index (χ4n) is 2.96. The first-order valence-electron chi connectivity index (χ1n) is 7.44. The summed E-state index contributed by atoms with van der Waals surface area (Å²) in [7, 11) is 0. The molecule has 0 bridgehead atoms. The highest BCUT2D eigenvalue weighted by atomic mass is 19.4. The lowest BCUT2D eigenvalue weighted by Crippen LogP contribution is -2.55. The summed E-state index contributed by atoms with van der Waals surface area (Å²) in [5.74, 6) is 0.390. The molecule has 1 aromatic rings. The molecule has 1 N–H and O–H groups in total. The summed E-state index contributed by atoms with van der Waals surface area (Å²) < 4.78 is 38.5. The number of piperazine rings is 1. The van der Waals surface area contributed by atoms with Crippen molar-refractivity contribution < 1.29 is 13.2 Å². The van der Waals surface area contributed by atoms with E-state index in [0.717, 1.165) is 12.0 Å². The predicted octanol–water partition coefficient (Wildman–Crippen LogP) is 3.61. The first-order chi connectivity index (χ1) is 9.85. The molecule has 0 radical (unpaired) electrons. The normalized spacial score (nSPS) is 24.5. The molecule has 0 aromatic heterocycles. The number of benzene rings is 1. The molecule has 1 saturated heterocycles. The van der Waals surface area contributed by atoms with Crippen LogP contribution in [0, 0.1) is 5.92 Å². The fraction of sp³-hybridized carbons (Fsp3) is 0.625. The van der Waals surface area contributed by atoms with E-state index in [9.17, 15) is 13.2 Å². The van der Waals surface area contributed by atoms with Crippen molar-refractivity contribution in [2.24, 2.45) is 5.92 Å². The van der Waals surface area contributed by atoms with Gasteiger partial charge in [-0.3, -0.25) is 4.90 Å². The SMILES string of the molecule is CC(C)CC1CNC(c2ccccc2)CN1CC(F)(F)F. The van der Waals surface area contributed by atoms with Gasteiger partial charge in [0.1, 0.15) is 0 Å². The van der Waals surface area contributed by atoms with E-state index in [-0.39, 0.29) is 12.1 Å². The van der Waals surface area contributed by atoms with Crippen molar-refractivity contribution >= 4 is 0 Å². The molecule has 5 heteroatoms. The van der Waals surface area contributed by atoms with E-state index in [1.54, 1.807) is 4.90 Å². The molecule has 21 heavy (non-hydrogen) atoms. The molecule has 2 unspecified atom stereocenters. The summed E-state index contributed by atoms with van der Waals surface area (Å²) in [6.07, 6.45) is -3.36. The molecule has 2 rings (SSSR count). The number of nitrogens with zero attached hydrogens (tertiary/aromatic N) is 1. The van der Waals surface area contributed by atoms with Crippen molar-refractivity contribution in [1.82, 2.24) is 10.2 Å². The second-order valence-electron chi connectivity index (χ2n) is 6.20. The maximum Gasteiger partial charge on any atom is 0.401 e. The van der Waals surface area contributed by atoms with Gasteiger partial charge in [0.05, 0.1) is 6.54 Å². The number of nitrogens with one attached hydrogen (secondary N) is 1. The summed E-state index contributed by atoms with van der Waals surface area (Å²) in [5.41, 5.74) is 1.05. The summed E-state index contributed by atoms with van der Waals surface area (Å²) in [5, 5.41) is 3.40. The third-order valence-electron chi connectivity index (χ3n) is 3.86. The molecule has 2 nitrogen and oxygen atoms in total. The zero-order chi connectivity index (χ0) is 15.5. The average molecular weight is 300 g/mol. The third kappa shape index (κ3) is 5.00. The molecule has 118 valence electrons. The molecular weight excluding hydrogens is 277 g/mol. The van der Waals surface area contributed by atoms with Gasteiger partial charge in [-0.2, -0.15) is 13.2 Å². The Morgan fingerprint density at radius 2 is 1.90 bits per heavy atom. The van der Waals surface area contributed by atoms with Crippen LogP contribution in [0.1, 0.15) is 31.9 Å². The van der Waals surface area contributed by atoms with Gasteiger partial charge in [-0.15, -0.1) is 0 Å². The van der Waals surface area contributed by atoms with Crippen LogP contribution in [0.5, 0.6) is 0 Å². The van der Waals surface area contributed by atoms with Gasteiger partial charge in [0.15, 0.2) is 0 Å². The van der Waals surface area contributed by atoms with E-state index >= 15 is 0 Å². The quantitative estimate of drug-likeness (QED) is 0.914. The topological polar surface area (TPSA) is 15.3 Å². The molecule has 0 amide bonds. The van der Waals surface area contributed by atoms with E-state index in [0.29, 0.717) is 19.0 Å². The summed E-state index contributed by atoms with van der Waals surface area (Å²) in [6.45, 7) is 4.29. The van der Waals surface area contributed by atoms with Crippen LogP contribution in [0.15, 0.2) is 30.3 Å². The minimum absolute atomic E-state index is 0.0306. The van der Waals surface area contributed by atoms with Crippen LogP contribution >= 0.6 is 0 Å². The van der Waals surface area contributed by atoms with Crippen LogP contribution in [-0.2, 0) is 0 Å². The number of rotatable bonds is 4. The van der Waals surface area contributed by atoms with Crippen LogP contribution in [0.25, 0.3) is 0 Å². The van der Waals surface area contributed by atoms with Crippen LogP contribution in [0.4, 0.5) is 13.2 Å². The fourth-order valence-corrected chi connectivity index (χ4v) is 2.96. The first-order valence-corrected chi connectivity index (χ1v) is 7.44. The van der Waals surface area contributed by atoms with Crippen molar-refractivity contribution in [3.05, 3.63) is 35.9 Å². The van der Waals surface area contributed by atoms with E-state index in [1.807, 2.05) is 30.3 Å². The van der Waals surface area contributed by atoms with Crippen molar-refractivity contribution in [1.29, 1.82) is 0 Å². The number of alkyl halides is 3. The van der Waals surface area contributed by atoms with E-state index < -0.39 is 12.7 Å². The smallest absolute Gasteiger partial charge is 0.307 e. The van der Waals surface area contributed by atoms with E-state index in [1.165, 1.54) is 0 Å². The summed E-state index contributed by atoms with van der Waals surface area (Å²) >= 11 is 0. The first kappa shape index (κ1) is 16.3. The molecule has 0 aliphatic carbocycles. The number of halogens is 3. The standard InChI is InChI=1S/C16H23F3N2/c1-12(2)8-14-9-20-15(13-6-4-3-5-7-13)10-21(14)11-16(17,18)19/h3-7,12,14-15,20H,8-11H2,1-2H3. The molecule has 1 heterocycles. The maximum absolute atomic E-state index is 12.8. The van der Waals surface area contributed by atoms with Gasteiger partial charge in [-0.1, -0.05) is 44.2 Å². The van der Waals surface area contributed by atoms with Crippen molar-refractivity contribution in [3.8, 4) is 0 Å². The minimum Gasteiger partial charge on any atom is -0.307 e. The van der Waals surface area contributed by atoms with Crippen molar-refractivity contribution in [3.63, 3.8) is 0 Å². The Kier molecular flexibility index (Phi) is 5.27. The Hall–Kier alpha value is -1.07. The van der Waals surface area contributed by atoms with Gasteiger partial charge in [-0.05, 0) is 17.9 Å². The van der Waals surface area contributed by atoms with Crippen LogP contribution in [0.3, 0.4) is 0 Å². The molecule has 2 atom stereocenters. The Labute approximate surface area is 124 Å². The van der Waals surface area contributed by atoms with Crippen LogP contribution in [-0.4, -0.2) is 36.8 Å². The van der Waals surface area contributed by atoms with Crippen LogP contribution in [0.2, 0.25) is 0 Å². The minimum atomic E-state index is -4.15. The molecule has 0 spiro atoms. The highest BCUT2D eigenvalue weighted by molar-refractivity contribution is 5.20. The second kappa shape index (κ2) is 6.79. The van der Waals surface area contributed by atoms with Crippen molar-refractivity contribution in [2.45, 2.75) is 38.5 Å². The van der Waals surface area contributed by atoms with Gasteiger partial charge < -0.3 is 5.32 Å². The third-order valence-corrected chi connectivity index (χ3v) is 3.86. The monoisotopic (exact) mass is 300 g/mol. The highest BCUT2D eigenvalue weighted by Crippen LogP contribution is 2.26. The largest absolute Gasteiger partial charge is 0.401 e. The van der Waals surface area contributed by atoms with Gasteiger partial charge in [0.2, 0.25) is 0 Å². The maximum atomic E-state index is 12.8. The van der Waals surface area contributed by atoms with Crippen molar-refractivity contribution in [2.75, 3.05) is 19.6 Å². The predicted molar refractivity (Wildman–Crippen MR) is 78.1 cm³/mol. The zero-order valence-electron chi connectivity index (χ0n) is 12.5. The Balaban J connectivity index is 2.09. The Morgan fingerprint density at radius 3 is 2.48 bits per heavy atom. The Bertz CT molecular complexity index is 431. The highest BCUT2D eigenvalue weighted by Gasteiger charge is 2.37. The second-order valence-corrected chi connectivity index (χ2v) is 6.20. The zero-order valence-corrected chi connectivity index (χ0v) is 12.5. The van der Waals surface area contributed by atoms with Gasteiger partial charge in [-0.25, -0.2) is 0 Å². The summed E-state index contributed by atoms with van der Waals surface area (Å²) in [6, 6.07) is 9.61. The number of hydrogen-bond donors (Lipinski definition) is 1. The summed E-state index contributed by atoms with van der Waals surface area (Å²) in [4.78, 5) is 1.59. The van der Waals surface area contributed by atoms with Gasteiger partial charge in [0.25, 0.3) is 0 Å². The molecule has 1 aliphatic rings.